The van der Waals surface area contributed by atoms with Crippen LogP contribution in [0.25, 0.3) is 0 Å². The lowest BCUT2D eigenvalue weighted by molar-refractivity contribution is -0.385. The van der Waals surface area contributed by atoms with Gasteiger partial charge in [-0.05, 0) is 39.3 Å². The second kappa shape index (κ2) is 8.22. The molecule has 9 nitrogen and oxygen atoms in total. The highest BCUT2D eigenvalue weighted by Crippen LogP contribution is 2.19. The molecule has 3 N–H and O–H groups in total. The number of carbonyl (C=O) groups excluding carboxylic acids is 2. The molecule has 2 amide bonds. The number of nitro groups is 1. The Labute approximate surface area is 144 Å². The van der Waals surface area contributed by atoms with Crippen molar-refractivity contribution in [3.05, 3.63) is 39.4 Å². The van der Waals surface area contributed by atoms with Crippen LogP contribution in [0.1, 0.15) is 36.2 Å². The molecule has 1 aromatic carbocycles. The number of amides is 2. The van der Waals surface area contributed by atoms with Crippen molar-refractivity contribution in [3.63, 3.8) is 0 Å². The zero-order chi connectivity index (χ0) is 19.2. The first-order chi connectivity index (χ1) is 11.5. The van der Waals surface area contributed by atoms with Gasteiger partial charge in [-0.2, -0.15) is 0 Å². The molecule has 0 radical (unpaired) electrons. The number of hydrogen-bond donors (Lipinski definition) is 3. The summed E-state index contributed by atoms with van der Waals surface area (Å²) in [6.07, 6.45) is 0.254. The highest BCUT2D eigenvalue weighted by molar-refractivity contribution is 5.96. The van der Waals surface area contributed by atoms with Gasteiger partial charge in [0.15, 0.2) is 0 Å². The maximum Gasteiger partial charge on any atom is 0.309 e. The lowest BCUT2D eigenvalue weighted by atomic mass is 9.90. The molecule has 0 bridgehead atoms. The molecular weight excluding hydrogens is 330 g/mol. The molecule has 25 heavy (non-hydrogen) atoms. The third-order valence-electron chi connectivity index (χ3n) is 3.72. The van der Waals surface area contributed by atoms with Crippen molar-refractivity contribution >= 4 is 23.5 Å². The number of nitrogens with zero attached hydrogens (tertiary/aromatic N) is 1. The number of nitrogens with one attached hydrogen (secondary N) is 2. The Morgan fingerprint density at radius 2 is 1.88 bits per heavy atom. The number of carboxylic acids is 1. The van der Waals surface area contributed by atoms with Crippen molar-refractivity contribution in [2.45, 2.75) is 27.2 Å². The van der Waals surface area contributed by atoms with Crippen LogP contribution in [-0.2, 0) is 9.59 Å². The fourth-order valence-corrected chi connectivity index (χ4v) is 1.95. The second-order valence-corrected chi connectivity index (χ2v) is 6.23. The first-order valence-electron chi connectivity index (χ1n) is 7.58. The Hall–Kier alpha value is -2.97. The Morgan fingerprint density at radius 1 is 1.24 bits per heavy atom. The van der Waals surface area contributed by atoms with Crippen LogP contribution in [-0.4, -0.2) is 40.9 Å². The summed E-state index contributed by atoms with van der Waals surface area (Å²) in [7, 11) is 0. The Bertz CT molecular complexity index is 699. The molecule has 0 saturated carbocycles. The molecule has 0 aliphatic heterocycles. The molecule has 0 saturated heterocycles. The van der Waals surface area contributed by atoms with E-state index in [-0.39, 0.29) is 30.8 Å². The average molecular weight is 351 g/mol. The summed E-state index contributed by atoms with van der Waals surface area (Å²) in [5, 5.41) is 24.7. The molecule has 0 atom stereocenters. The van der Waals surface area contributed by atoms with Crippen LogP contribution in [0.15, 0.2) is 18.2 Å². The van der Waals surface area contributed by atoms with Gasteiger partial charge in [-0.15, -0.1) is 0 Å². The molecule has 0 aliphatic rings. The van der Waals surface area contributed by atoms with Gasteiger partial charge in [0.25, 0.3) is 11.6 Å². The number of hydrogen-bond acceptors (Lipinski definition) is 5. The van der Waals surface area contributed by atoms with Crippen molar-refractivity contribution < 1.29 is 24.4 Å². The fourth-order valence-electron chi connectivity index (χ4n) is 1.95. The van der Waals surface area contributed by atoms with Crippen LogP contribution in [0, 0.1) is 22.5 Å². The summed E-state index contributed by atoms with van der Waals surface area (Å²) in [6.45, 7) is 4.53. The van der Waals surface area contributed by atoms with Crippen LogP contribution in [0.4, 0.5) is 5.69 Å². The third-order valence-corrected chi connectivity index (χ3v) is 3.72. The Morgan fingerprint density at radius 3 is 2.40 bits per heavy atom. The molecule has 0 unspecified atom stereocenters. The van der Waals surface area contributed by atoms with E-state index in [4.69, 9.17) is 5.11 Å². The smallest absolute Gasteiger partial charge is 0.309 e. The van der Waals surface area contributed by atoms with Gasteiger partial charge in [0.2, 0.25) is 5.91 Å². The lowest BCUT2D eigenvalue weighted by Crippen LogP contribution is -2.39. The summed E-state index contributed by atoms with van der Waals surface area (Å²) < 4.78 is 0. The van der Waals surface area contributed by atoms with Crippen molar-refractivity contribution in [2.24, 2.45) is 5.41 Å². The van der Waals surface area contributed by atoms with Gasteiger partial charge >= 0.3 is 5.97 Å². The summed E-state index contributed by atoms with van der Waals surface area (Å²) in [5.41, 5.74) is -0.483. The number of nitro benzene ring substituents is 1. The fraction of sp³-hybridized carbons (Fsp3) is 0.438. The number of carboxylic acid groups (broad SMARTS) is 1. The van der Waals surface area contributed by atoms with Crippen LogP contribution in [0.3, 0.4) is 0 Å². The predicted molar refractivity (Wildman–Crippen MR) is 89.2 cm³/mol. The quantitative estimate of drug-likeness (QED) is 0.476. The van der Waals surface area contributed by atoms with Gasteiger partial charge in [-0.1, -0.05) is 0 Å². The van der Waals surface area contributed by atoms with E-state index in [0.717, 1.165) is 0 Å². The van der Waals surface area contributed by atoms with Gasteiger partial charge < -0.3 is 15.7 Å². The van der Waals surface area contributed by atoms with Crippen LogP contribution in [0.5, 0.6) is 0 Å². The van der Waals surface area contributed by atoms with Crippen molar-refractivity contribution in [3.8, 4) is 0 Å². The minimum atomic E-state index is -0.955. The molecule has 0 spiro atoms. The summed E-state index contributed by atoms with van der Waals surface area (Å²) in [6, 6.07) is 3.92. The number of carbonyl (C=O) groups is 3. The summed E-state index contributed by atoms with van der Waals surface area (Å²) in [5.74, 6) is -1.93. The molecule has 0 aromatic heterocycles. The molecule has 1 aromatic rings. The molecule has 0 aliphatic carbocycles. The van der Waals surface area contributed by atoms with Crippen LogP contribution < -0.4 is 10.6 Å². The Balaban J connectivity index is 2.48. The number of rotatable bonds is 8. The maximum absolute atomic E-state index is 12.0. The van der Waals surface area contributed by atoms with Crippen molar-refractivity contribution in [1.82, 2.24) is 10.6 Å². The third kappa shape index (κ3) is 5.87. The minimum Gasteiger partial charge on any atom is -0.481 e. The Kier molecular flexibility index (Phi) is 6.60. The first-order valence-corrected chi connectivity index (χ1v) is 7.58. The highest BCUT2D eigenvalue weighted by Gasteiger charge is 2.26. The van der Waals surface area contributed by atoms with E-state index in [9.17, 15) is 24.5 Å². The van der Waals surface area contributed by atoms with E-state index in [1.54, 1.807) is 13.8 Å². The zero-order valence-electron chi connectivity index (χ0n) is 14.3. The van der Waals surface area contributed by atoms with Crippen LogP contribution >= 0.6 is 0 Å². The van der Waals surface area contributed by atoms with Crippen LogP contribution in [0.2, 0.25) is 0 Å². The highest BCUT2D eigenvalue weighted by atomic mass is 16.6. The topological polar surface area (TPSA) is 139 Å². The molecule has 1 rings (SSSR count). The maximum atomic E-state index is 12.0. The predicted octanol–water partition coefficient (Wildman–Crippen LogP) is 1.25. The minimum absolute atomic E-state index is 0.0876. The monoisotopic (exact) mass is 351 g/mol. The van der Waals surface area contributed by atoms with E-state index in [1.807, 2.05) is 0 Å². The zero-order valence-corrected chi connectivity index (χ0v) is 14.3. The van der Waals surface area contributed by atoms with Gasteiger partial charge in [0.05, 0.1) is 16.9 Å². The van der Waals surface area contributed by atoms with E-state index < -0.39 is 28.1 Å². The molecular formula is C16H21N3O6. The van der Waals surface area contributed by atoms with E-state index >= 15 is 0 Å². The molecule has 0 fully saturated rings. The lowest BCUT2D eigenvalue weighted by Gasteiger charge is -2.18. The van der Waals surface area contributed by atoms with Gasteiger partial charge in [-0.25, -0.2) is 0 Å². The summed E-state index contributed by atoms with van der Waals surface area (Å²) >= 11 is 0. The van der Waals surface area contributed by atoms with E-state index in [0.29, 0.717) is 5.56 Å². The largest absolute Gasteiger partial charge is 0.481 e. The molecule has 0 heterocycles. The van der Waals surface area contributed by atoms with E-state index in [1.165, 1.54) is 25.1 Å². The standard InChI is InChI=1S/C16H21N3O6/c1-10-8-11(4-5-12(10)19(24)25)14(21)18-9-13(20)17-7-6-16(2,3)15(22)23/h4-5,8H,6-7,9H2,1-3H3,(H,17,20)(H,18,21)(H,22,23). The summed E-state index contributed by atoms with van der Waals surface area (Å²) in [4.78, 5) is 44.8. The number of aryl methyl sites for hydroxylation is 1. The van der Waals surface area contributed by atoms with E-state index in [2.05, 4.69) is 10.6 Å². The second-order valence-electron chi connectivity index (χ2n) is 6.23. The van der Waals surface area contributed by atoms with Gasteiger partial charge in [-0.3, -0.25) is 24.5 Å². The number of benzene rings is 1. The first kappa shape index (κ1) is 20.1. The van der Waals surface area contributed by atoms with Crippen molar-refractivity contribution in [1.29, 1.82) is 0 Å². The SMILES string of the molecule is Cc1cc(C(=O)NCC(=O)NCCC(C)(C)C(=O)O)ccc1[N+](=O)[O-]. The van der Waals surface area contributed by atoms with Gasteiger partial charge in [0.1, 0.15) is 0 Å². The van der Waals surface area contributed by atoms with Gasteiger partial charge in [0, 0.05) is 23.7 Å². The molecule has 136 valence electrons. The molecule has 9 heteroatoms. The normalized spacial score (nSPS) is 10.8. The number of aliphatic carboxylic acids is 1. The van der Waals surface area contributed by atoms with Crippen molar-refractivity contribution in [2.75, 3.05) is 13.1 Å². The average Bonchev–Trinajstić information content (AvgIpc) is 2.51.